The van der Waals surface area contributed by atoms with Crippen molar-refractivity contribution in [2.45, 2.75) is 45.3 Å². The predicted octanol–water partition coefficient (Wildman–Crippen LogP) is 2.70. The van der Waals surface area contributed by atoms with Gasteiger partial charge in [-0.15, -0.1) is 0 Å². The van der Waals surface area contributed by atoms with Crippen LogP contribution in [0.25, 0.3) is 0 Å². The van der Waals surface area contributed by atoms with E-state index < -0.39 is 6.10 Å². The second-order valence-corrected chi connectivity index (χ2v) is 6.31. The number of aromatic nitrogens is 1. The molecule has 0 saturated carbocycles. The first-order valence-electron chi connectivity index (χ1n) is 8.10. The van der Waals surface area contributed by atoms with E-state index in [1.165, 1.54) is 12.1 Å². The highest BCUT2D eigenvalue weighted by molar-refractivity contribution is 5.77. The Balaban J connectivity index is 1.73. The summed E-state index contributed by atoms with van der Waals surface area (Å²) in [5.74, 6) is 0.334. The summed E-state index contributed by atoms with van der Waals surface area (Å²) in [7, 11) is 0. The molecule has 3 rings (SSSR count). The van der Waals surface area contributed by atoms with Gasteiger partial charge in [0, 0.05) is 18.5 Å². The summed E-state index contributed by atoms with van der Waals surface area (Å²) in [6, 6.07) is 5.94. The first-order valence-corrected chi connectivity index (χ1v) is 8.10. The van der Waals surface area contributed by atoms with E-state index in [-0.39, 0.29) is 24.3 Å². The number of likely N-dealkylation sites (tertiary alicyclic amines) is 1. The van der Waals surface area contributed by atoms with Gasteiger partial charge in [-0.2, -0.15) is 0 Å². The molecule has 1 aliphatic heterocycles. The number of carbonyl (C=O) groups excluding carboxylic acids is 1. The Morgan fingerprint density at radius 3 is 2.92 bits per heavy atom. The van der Waals surface area contributed by atoms with Crippen molar-refractivity contribution in [3.8, 4) is 0 Å². The number of halogens is 1. The van der Waals surface area contributed by atoms with Crippen LogP contribution in [0.4, 0.5) is 4.39 Å². The standard InChI is InChI=1S/C18H21FN2O3/c1-11-16(12(2)24-20-11)6-7-18(23)21-10-15(22)9-17(21)13-4-3-5-14(19)8-13/h3-5,8,15,17,22H,6-7,9-10H2,1-2H3/t15-,17-/m0/s1. The van der Waals surface area contributed by atoms with Crippen molar-refractivity contribution < 1.29 is 18.8 Å². The van der Waals surface area contributed by atoms with E-state index >= 15 is 0 Å². The maximum Gasteiger partial charge on any atom is 0.223 e. The number of carbonyl (C=O) groups is 1. The lowest BCUT2D eigenvalue weighted by molar-refractivity contribution is -0.132. The highest BCUT2D eigenvalue weighted by Crippen LogP contribution is 2.33. The van der Waals surface area contributed by atoms with Crippen LogP contribution in [-0.4, -0.2) is 33.7 Å². The molecule has 2 aromatic rings. The van der Waals surface area contributed by atoms with Crippen LogP contribution in [-0.2, 0) is 11.2 Å². The number of nitrogens with zero attached hydrogens (tertiary/aromatic N) is 2. The maximum atomic E-state index is 13.5. The molecule has 1 fully saturated rings. The zero-order valence-corrected chi connectivity index (χ0v) is 13.8. The molecule has 2 atom stereocenters. The van der Waals surface area contributed by atoms with Gasteiger partial charge in [-0.3, -0.25) is 4.79 Å². The van der Waals surface area contributed by atoms with E-state index in [4.69, 9.17) is 4.52 Å². The lowest BCUT2D eigenvalue weighted by Gasteiger charge is -2.25. The Morgan fingerprint density at radius 1 is 1.46 bits per heavy atom. The van der Waals surface area contributed by atoms with Crippen LogP contribution >= 0.6 is 0 Å². The van der Waals surface area contributed by atoms with E-state index in [2.05, 4.69) is 5.16 Å². The molecule has 0 unspecified atom stereocenters. The van der Waals surface area contributed by atoms with Gasteiger partial charge in [0.05, 0.1) is 17.8 Å². The van der Waals surface area contributed by atoms with Gasteiger partial charge in [0.15, 0.2) is 0 Å². The molecule has 24 heavy (non-hydrogen) atoms. The third-order valence-corrected chi connectivity index (χ3v) is 4.60. The minimum Gasteiger partial charge on any atom is -0.391 e. The normalized spacial score (nSPS) is 20.6. The average Bonchev–Trinajstić information content (AvgIpc) is 3.08. The Kier molecular flexibility index (Phi) is 4.66. The quantitative estimate of drug-likeness (QED) is 0.935. The average molecular weight is 332 g/mol. The molecule has 1 saturated heterocycles. The van der Waals surface area contributed by atoms with Crippen LogP contribution in [0.2, 0.25) is 0 Å². The summed E-state index contributed by atoms with van der Waals surface area (Å²) in [6.07, 6.45) is 0.700. The molecule has 0 bridgehead atoms. The number of hydrogen-bond acceptors (Lipinski definition) is 4. The Hall–Kier alpha value is -2.21. The molecule has 0 aliphatic carbocycles. The van der Waals surface area contributed by atoms with Crippen molar-refractivity contribution in [2.24, 2.45) is 0 Å². The molecule has 1 aromatic carbocycles. The van der Waals surface area contributed by atoms with E-state index in [9.17, 15) is 14.3 Å². The van der Waals surface area contributed by atoms with Crippen molar-refractivity contribution in [3.05, 3.63) is 52.7 Å². The first-order chi connectivity index (χ1) is 11.5. The fraction of sp³-hybridized carbons (Fsp3) is 0.444. The van der Waals surface area contributed by atoms with Crippen LogP contribution in [0, 0.1) is 19.7 Å². The van der Waals surface area contributed by atoms with Gasteiger partial charge < -0.3 is 14.5 Å². The van der Waals surface area contributed by atoms with Crippen LogP contribution in [0.5, 0.6) is 0 Å². The number of rotatable bonds is 4. The van der Waals surface area contributed by atoms with Gasteiger partial charge >= 0.3 is 0 Å². The summed E-state index contributed by atoms with van der Waals surface area (Å²) >= 11 is 0. The SMILES string of the molecule is Cc1noc(C)c1CCC(=O)N1C[C@@H](O)C[C@H]1c1cccc(F)c1. The zero-order valence-electron chi connectivity index (χ0n) is 13.8. The topological polar surface area (TPSA) is 66.6 Å². The Labute approximate surface area is 140 Å². The second kappa shape index (κ2) is 6.73. The third kappa shape index (κ3) is 3.33. The lowest BCUT2D eigenvalue weighted by Crippen LogP contribution is -2.32. The molecule has 1 aliphatic rings. The maximum absolute atomic E-state index is 13.5. The van der Waals surface area contributed by atoms with E-state index in [1.807, 2.05) is 13.8 Å². The second-order valence-electron chi connectivity index (χ2n) is 6.31. The zero-order chi connectivity index (χ0) is 17.3. The number of aliphatic hydroxyl groups is 1. The van der Waals surface area contributed by atoms with E-state index in [1.54, 1.807) is 17.0 Å². The summed E-state index contributed by atoms with van der Waals surface area (Å²) in [5, 5.41) is 13.9. The fourth-order valence-electron chi connectivity index (χ4n) is 3.35. The van der Waals surface area contributed by atoms with Crippen LogP contribution < -0.4 is 0 Å². The number of benzene rings is 1. The molecule has 6 heteroatoms. The molecule has 1 aromatic heterocycles. The van der Waals surface area contributed by atoms with Crippen molar-refractivity contribution in [1.82, 2.24) is 10.1 Å². The number of aryl methyl sites for hydroxylation is 2. The van der Waals surface area contributed by atoms with Gasteiger partial charge in [-0.25, -0.2) is 4.39 Å². The Bertz CT molecular complexity index is 724. The number of hydrogen-bond donors (Lipinski definition) is 1. The summed E-state index contributed by atoms with van der Waals surface area (Å²) in [5.41, 5.74) is 2.46. The van der Waals surface area contributed by atoms with Crippen LogP contribution in [0.1, 0.15) is 41.5 Å². The molecule has 1 N–H and O–H groups in total. The third-order valence-electron chi connectivity index (χ3n) is 4.60. The minimum absolute atomic E-state index is 0.0548. The minimum atomic E-state index is -0.582. The van der Waals surface area contributed by atoms with Gasteiger partial charge in [0.2, 0.25) is 5.91 Å². The number of β-amino-alcohol motifs (C(OH)–C–C–N with tert-alkyl or cyclic N) is 1. The van der Waals surface area contributed by atoms with Gasteiger partial charge in [-0.05, 0) is 44.4 Å². The number of aliphatic hydroxyl groups excluding tert-OH is 1. The highest BCUT2D eigenvalue weighted by atomic mass is 19.1. The Morgan fingerprint density at radius 2 is 2.25 bits per heavy atom. The molecule has 2 heterocycles. The monoisotopic (exact) mass is 332 g/mol. The van der Waals surface area contributed by atoms with Crippen LogP contribution in [0.15, 0.2) is 28.8 Å². The van der Waals surface area contributed by atoms with Crippen molar-refractivity contribution in [2.75, 3.05) is 6.54 Å². The summed E-state index contributed by atoms with van der Waals surface area (Å²) in [4.78, 5) is 14.3. The van der Waals surface area contributed by atoms with Gasteiger partial charge in [0.1, 0.15) is 11.6 Å². The smallest absolute Gasteiger partial charge is 0.223 e. The van der Waals surface area contributed by atoms with E-state index in [0.717, 1.165) is 22.6 Å². The molecule has 5 nitrogen and oxygen atoms in total. The molecular formula is C18H21FN2O3. The van der Waals surface area contributed by atoms with Crippen LogP contribution in [0.3, 0.4) is 0 Å². The highest BCUT2D eigenvalue weighted by Gasteiger charge is 2.35. The molecule has 128 valence electrons. The van der Waals surface area contributed by atoms with Crippen molar-refractivity contribution >= 4 is 5.91 Å². The molecular weight excluding hydrogens is 311 g/mol. The van der Waals surface area contributed by atoms with Crippen molar-refractivity contribution in [3.63, 3.8) is 0 Å². The van der Waals surface area contributed by atoms with E-state index in [0.29, 0.717) is 19.3 Å². The summed E-state index contributed by atoms with van der Waals surface area (Å²) in [6.45, 7) is 3.96. The lowest BCUT2D eigenvalue weighted by atomic mass is 10.0. The number of amides is 1. The van der Waals surface area contributed by atoms with Gasteiger partial charge in [0.25, 0.3) is 0 Å². The molecule has 0 spiro atoms. The van der Waals surface area contributed by atoms with Crippen molar-refractivity contribution in [1.29, 1.82) is 0 Å². The first kappa shape index (κ1) is 16.6. The fourth-order valence-corrected chi connectivity index (χ4v) is 3.35. The predicted molar refractivity (Wildman–Crippen MR) is 85.8 cm³/mol. The van der Waals surface area contributed by atoms with Gasteiger partial charge in [-0.1, -0.05) is 17.3 Å². The largest absolute Gasteiger partial charge is 0.391 e. The molecule has 1 amide bonds. The molecule has 0 radical (unpaired) electrons. The summed E-state index contributed by atoms with van der Waals surface area (Å²) < 4.78 is 18.6.